The Bertz CT molecular complexity index is 276. The van der Waals surface area contributed by atoms with E-state index in [4.69, 9.17) is 19.3 Å². The van der Waals surface area contributed by atoms with Crippen molar-refractivity contribution in [3.05, 3.63) is 0 Å². The molecule has 2 N–H and O–H groups in total. The number of cyclic esters (lactones) is 1. The molecule has 2 saturated heterocycles. The Balaban J connectivity index is 2.16. The van der Waals surface area contributed by atoms with Gasteiger partial charge in [0.1, 0.15) is 12.2 Å². The molecule has 15 heavy (non-hydrogen) atoms. The summed E-state index contributed by atoms with van der Waals surface area (Å²) in [5.41, 5.74) is 0. The zero-order valence-corrected chi connectivity index (χ0v) is 8.54. The lowest BCUT2D eigenvalue weighted by Gasteiger charge is -2.23. The lowest BCUT2D eigenvalue weighted by molar-refractivity contribution is -0.195. The molecule has 2 heterocycles. The van der Waals surface area contributed by atoms with E-state index in [1.165, 1.54) is 0 Å². The number of fused-ring (bicyclic) bond motifs is 1. The van der Waals surface area contributed by atoms with E-state index in [1.807, 2.05) is 0 Å². The minimum absolute atomic E-state index is 0.481. The van der Waals surface area contributed by atoms with Gasteiger partial charge in [0.25, 0.3) is 0 Å². The highest BCUT2D eigenvalue weighted by Gasteiger charge is 2.57. The summed E-state index contributed by atoms with van der Waals surface area (Å²) in [6, 6.07) is 0. The summed E-state index contributed by atoms with van der Waals surface area (Å²) in [5, 5.41) is 18.2. The first-order valence-electron chi connectivity index (χ1n) is 4.79. The van der Waals surface area contributed by atoms with Crippen molar-refractivity contribution in [2.75, 3.05) is 6.61 Å². The molecule has 0 bridgehead atoms. The van der Waals surface area contributed by atoms with Gasteiger partial charge in [0.15, 0.2) is 18.0 Å². The van der Waals surface area contributed by atoms with Gasteiger partial charge in [-0.1, -0.05) is 0 Å². The molecule has 6 heteroatoms. The molecule has 0 amide bonds. The number of hydrogen-bond donors (Lipinski definition) is 2. The van der Waals surface area contributed by atoms with Crippen LogP contribution in [0.3, 0.4) is 0 Å². The lowest BCUT2D eigenvalue weighted by atomic mass is 10.1. The maximum absolute atomic E-state index is 11.4. The molecule has 86 valence electrons. The van der Waals surface area contributed by atoms with E-state index >= 15 is 0 Å². The molecule has 0 saturated carbocycles. The van der Waals surface area contributed by atoms with Gasteiger partial charge in [0, 0.05) is 0 Å². The number of hydrogen-bond acceptors (Lipinski definition) is 6. The van der Waals surface area contributed by atoms with Gasteiger partial charge in [-0.05, 0) is 13.8 Å². The van der Waals surface area contributed by atoms with Gasteiger partial charge in [-0.3, -0.25) is 0 Å². The van der Waals surface area contributed by atoms with E-state index in [9.17, 15) is 9.90 Å². The van der Waals surface area contributed by atoms with E-state index in [0.29, 0.717) is 0 Å². The van der Waals surface area contributed by atoms with Crippen LogP contribution in [0.4, 0.5) is 0 Å². The van der Waals surface area contributed by atoms with Crippen molar-refractivity contribution < 1.29 is 29.2 Å². The van der Waals surface area contributed by atoms with E-state index in [0.717, 1.165) is 0 Å². The average Bonchev–Trinajstić information content (AvgIpc) is 2.61. The molecule has 6 nitrogen and oxygen atoms in total. The number of carbonyl (C=O) groups excluding carboxylic acids is 1. The van der Waals surface area contributed by atoms with Gasteiger partial charge < -0.3 is 24.4 Å². The summed E-state index contributed by atoms with van der Waals surface area (Å²) in [7, 11) is 0. The standard InChI is InChI=1S/C9H14O6/c1-9(2)14-6-5(4(11)3-10)13-8(12)7(6)15-9/h4-7,10-11H,3H2,1-2H3/t4-,5+,6-,7-/m1/s1. The highest BCUT2D eigenvalue weighted by molar-refractivity contribution is 5.78. The van der Waals surface area contributed by atoms with Crippen LogP contribution >= 0.6 is 0 Å². The summed E-state index contributed by atoms with van der Waals surface area (Å²) in [6.07, 6.45) is -3.43. The van der Waals surface area contributed by atoms with Crippen molar-refractivity contribution >= 4 is 5.97 Å². The summed E-state index contributed by atoms with van der Waals surface area (Å²) >= 11 is 0. The minimum Gasteiger partial charge on any atom is -0.455 e. The monoisotopic (exact) mass is 218 g/mol. The normalized spacial score (nSPS) is 40.0. The van der Waals surface area contributed by atoms with Crippen LogP contribution in [0.1, 0.15) is 13.8 Å². The third kappa shape index (κ3) is 1.74. The zero-order valence-electron chi connectivity index (χ0n) is 8.54. The van der Waals surface area contributed by atoms with Gasteiger partial charge >= 0.3 is 5.97 Å². The largest absolute Gasteiger partial charge is 0.455 e. The van der Waals surface area contributed by atoms with Crippen molar-refractivity contribution in [2.24, 2.45) is 0 Å². The molecule has 2 fully saturated rings. The van der Waals surface area contributed by atoms with Crippen molar-refractivity contribution in [1.82, 2.24) is 0 Å². The predicted molar refractivity (Wildman–Crippen MR) is 46.8 cm³/mol. The summed E-state index contributed by atoms with van der Waals surface area (Å²) in [4.78, 5) is 11.4. The van der Waals surface area contributed by atoms with Crippen LogP contribution in [-0.2, 0) is 19.0 Å². The van der Waals surface area contributed by atoms with Crippen molar-refractivity contribution in [1.29, 1.82) is 0 Å². The SMILES string of the molecule is CC1(C)O[C@@H]2[C@H]([C@H](O)CO)OC(=O)[C@@H]2O1. The number of ether oxygens (including phenoxy) is 3. The molecule has 2 aliphatic rings. The van der Waals surface area contributed by atoms with Gasteiger partial charge in [-0.15, -0.1) is 0 Å². The van der Waals surface area contributed by atoms with Crippen LogP contribution in [0.2, 0.25) is 0 Å². The highest BCUT2D eigenvalue weighted by Crippen LogP contribution is 2.36. The van der Waals surface area contributed by atoms with E-state index in [-0.39, 0.29) is 0 Å². The van der Waals surface area contributed by atoms with Crippen LogP contribution in [0.15, 0.2) is 0 Å². The van der Waals surface area contributed by atoms with Crippen molar-refractivity contribution in [3.8, 4) is 0 Å². The first-order chi connectivity index (χ1) is 6.94. The molecule has 0 aromatic carbocycles. The molecule has 0 radical (unpaired) electrons. The lowest BCUT2D eigenvalue weighted by Crippen LogP contribution is -2.40. The van der Waals surface area contributed by atoms with Crippen LogP contribution in [-0.4, -0.2) is 53.0 Å². The molecule has 0 aliphatic carbocycles. The quantitative estimate of drug-likeness (QED) is 0.565. The molecule has 0 spiro atoms. The fourth-order valence-corrected chi connectivity index (χ4v) is 1.88. The fourth-order valence-electron chi connectivity index (χ4n) is 1.88. The molecule has 0 aromatic heterocycles. The number of aliphatic hydroxyl groups excluding tert-OH is 2. The third-order valence-corrected chi connectivity index (χ3v) is 2.50. The predicted octanol–water partition coefficient (Wildman–Crippen LogP) is -1.21. The highest BCUT2D eigenvalue weighted by atomic mass is 16.8. The van der Waals surface area contributed by atoms with E-state index in [2.05, 4.69) is 0 Å². The fraction of sp³-hybridized carbons (Fsp3) is 0.889. The van der Waals surface area contributed by atoms with Crippen molar-refractivity contribution in [3.63, 3.8) is 0 Å². The maximum Gasteiger partial charge on any atom is 0.338 e. The molecular formula is C9H14O6. The first-order valence-corrected chi connectivity index (χ1v) is 4.79. The Morgan fingerprint density at radius 3 is 2.73 bits per heavy atom. The second-order valence-corrected chi connectivity index (χ2v) is 4.17. The van der Waals surface area contributed by atoms with Gasteiger partial charge in [-0.2, -0.15) is 0 Å². The van der Waals surface area contributed by atoms with Gasteiger partial charge in [0.05, 0.1) is 6.61 Å². The Morgan fingerprint density at radius 1 is 1.47 bits per heavy atom. The van der Waals surface area contributed by atoms with Crippen LogP contribution < -0.4 is 0 Å². The van der Waals surface area contributed by atoms with Crippen LogP contribution in [0.5, 0.6) is 0 Å². The Hall–Kier alpha value is -0.690. The molecule has 0 unspecified atom stereocenters. The second kappa shape index (κ2) is 3.41. The Labute approximate surface area is 86.7 Å². The number of esters is 1. The second-order valence-electron chi connectivity index (χ2n) is 4.17. The summed E-state index contributed by atoms with van der Waals surface area (Å²) < 4.78 is 15.6. The topological polar surface area (TPSA) is 85.2 Å². The number of carbonyl (C=O) groups is 1. The molecule has 4 atom stereocenters. The smallest absolute Gasteiger partial charge is 0.338 e. The zero-order chi connectivity index (χ0) is 11.2. The van der Waals surface area contributed by atoms with Crippen LogP contribution in [0.25, 0.3) is 0 Å². The summed E-state index contributed by atoms with van der Waals surface area (Å²) in [6.45, 7) is 2.88. The van der Waals surface area contributed by atoms with Crippen LogP contribution in [0, 0.1) is 0 Å². The summed E-state index contributed by atoms with van der Waals surface area (Å²) in [5.74, 6) is -1.41. The molecular weight excluding hydrogens is 204 g/mol. The van der Waals surface area contributed by atoms with Gasteiger partial charge in [0.2, 0.25) is 0 Å². The average molecular weight is 218 g/mol. The number of aliphatic hydroxyl groups is 2. The maximum atomic E-state index is 11.4. The number of rotatable bonds is 2. The van der Waals surface area contributed by atoms with E-state index < -0.39 is 42.8 Å². The van der Waals surface area contributed by atoms with Crippen molar-refractivity contribution in [2.45, 2.75) is 44.1 Å². The third-order valence-electron chi connectivity index (χ3n) is 2.50. The molecule has 0 aromatic rings. The minimum atomic E-state index is -1.14. The first kappa shape index (κ1) is 10.8. The Kier molecular flexibility index (Phi) is 2.46. The molecule has 2 rings (SSSR count). The van der Waals surface area contributed by atoms with E-state index in [1.54, 1.807) is 13.8 Å². The molecule has 2 aliphatic heterocycles. The Morgan fingerprint density at radius 2 is 2.13 bits per heavy atom. The van der Waals surface area contributed by atoms with Gasteiger partial charge in [-0.25, -0.2) is 4.79 Å².